The minimum Gasteiger partial charge on any atom is -0.311 e. The largest absolute Gasteiger partial charge is 0.311 e. The van der Waals surface area contributed by atoms with Crippen LogP contribution in [-0.4, -0.2) is 12.1 Å². The van der Waals surface area contributed by atoms with Gasteiger partial charge in [0, 0.05) is 12.1 Å². The van der Waals surface area contributed by atoms with Crippen molar-refractivity contribution in [2.45, 2.75) is 98.1 Å². The van der Waals surface area contributed by atoms with E-state index in [0.29, 0.717) is 10.8 Å². The number of nitrogens with one attached hydrogen (secondary N) is 1. The van der Waals surface area contributed by atoms with Crippen molar-refractivity contribution >= 4 is 0 Å². The molecule has 2 aliphatic carbocycles. The van der Waals surface area contributed by atoms with Gasteiger partial charge in [0.05, 0.1) is 0 Å². The summed E-state index contributed by atoms with van der Waals surface area (Å²) in [5.41, 5.74) is 1.14. The van der Waals surface area contributed by atoms with E-state index in [-0.39, 0.29) is 0 Å². The van der Waals surface area contributed by atoms with Crippen LogP contribution < -0.4 is 5.32 Å². The van der Waals surface area contributed by atoms with Crippen LogP contribution in [0.1, 0.15) is 86.0 Å². The first-order valence-electron chi connectivity index (χ1n) is 8.58. The van der Waals surface area contributed by atoms with E-state index in [1.165, 1.54) is 51.4 Å². The third-order valence-corrected chi connectivity index (χ3v) is 6.18. The lowest BCUT2D eigenvalue weighted by atomic mass is 9.69. The van der Waals surface area contributed by atoms with Crippen LogP contribution in [0.5, 0.6) is 0 Å². The van der Waals surface area contributed by atoms with Crippen molar-refractivity contribution in [3.05, 3.63) is 0 Å². The van der Waals surface area contributed by atoms with Gasteiger partial charge in [-0.2, -0.15) is 0 Å². The lowest BCUT2D eigenvalue weighted by Gasteiger charge is -2.39. The molecule has 1 atom stereocenters. The maximum absolute atomic E-state index is 3.96. The Balaban J connectivity index is 1.75. The third kappa shape index (κ3) is 3.97. The van der Waals surface area contributed by atoms with Gasteiger partial charge in [-0.3, -0.25) is 0 Å². The van der Waals surface area contributed by atoms with Crippen LogP contribution in [-0.2, 0) is 0 Å². The van der Waals surface area contributed by atoms with Gasteiger partial charge in [0.25, 0.3) is 0 Å². The lowest BCUT2D eigenvalue weighted by Crippen LogP contribution is -2.41. The Morgan fingerprint density at radius 3 is 2.11 bits per heavy atom. The molecule has 2 fully saturated rings. The highest BCUT2D eigenvalue weighted by molar-refractivity contribution is 4.91. The maximum Gasteiger partial charge on any atom is 0.00749 e. The molecule has 1 nitrogen and oxygen atoms in total. The smallest absolute Gasteiger partial charge is 0.00749 e. The first kappa shape index (κ1) is 15.4. The van der Waals surface area contributed by atoms with Crippen molar-refractivity contribution in [2.75, 3.05) is 0 Å². The van der Waals surface area contributed by atoms with Gasteiger partial charge in [-0.25, -0.2) is 0 Å². The van der Waals surface area contributed by atoms with E-state index in [9.17, 15) is 0 Å². The molecule has 2 rings (SSSR count). The summed E-state index contributed by atoms with van der Waals surface area (Å²) in [4.78, 5) is 0. The zero-order valence-electron chi connectivity index (χ0n) is 13.9. The SMILES string of the molecule is CCC(C)(C)C1CCC(NC2CCC(C)(C)C2)CC1. The monoisotopic (exact) mass is 265 g/mol. The predicted molar refractivity (Wildman–Crippen MR) is 84.4 cm³/mol. The number of rotatable bonds is 4. The highest BCUT2D eigenvalue weighted by Crippen LogP contribution is 2.41. The molecule has 1 heteroatoms. The van der Waals surface area contributed by atoms with Gasteiger partial charge in [0.1, 0.15) is 0 Å². The van der Waals surface area contributed by atoms with Crippen LogP contribution in [0.25, 0.3) is 0 Å². The molecular formula is C18H35N. The summed E-state index contributed by atoms with van der Waals surface area (Å²) in [6.45, 7) is 12.1. The molecule has 0 aromatic carbocycles. The molecule has 2 saturated carbocycles. The van der Waals surface area contributed by atoms with Crippen molar-refractivity contribution in [1.82, 2.24) is 5.32 Å². The second-order valence-electron chi connectivity index (χ2n) is 8.66. The van der Waals surface area contributed by atoms with Crippen LogP contribution >= 0.6 is 0 Å². The van der Waals surface area contributed by atoms with Crippen LogP contribution in [0.3, 0.4) is 0 Å². The fourth-order valence-electron chi connectivity index (χ4n) is 4.24. The summed E-state index contributed by atoms with van der Waals surface area (Å²) in [6.07, 6.45) is 11.2. The molecular weight excluding hydrogens is 230 g/mol. The first-order chi connectivity index (χ1) is 8.82. The average molecular weight is 265 g/mol. The van der Waals surface area contributed by atoms with Gasteiger partial charge in [-0.15, -0.1) is 0 Å². The van der Waals surface area contributed by atoms with Gasteiger partial charge >= 0.3 is 0 Å². The summed E-state index contributed by atoms with van der Waals surface area (Å²) < 4.78 is 0. The van der Waals surface area contributed by atoms with Gasteiger partial charge in [0.15, 0.2) is 0 Å². The van der Waals surface area contributed by atoms with Gasteiger partial charge in [0.2, 0.25) is 0 Å². The van der Waals surface area contributed by atoms with Gasteiger partial charge < -0.3 is 5.32 Å². The normalized spacial score (nSPS) is 35.5. The topological polar surface area (TPSA) is 12.0 Å². The Bertz CT molecular complexity index is 284. The summed E-state index contributed by atoms with van der Waals surface area (Å²) in [7, 11) is 0. The molecule has 19 heavy (non-hydrogen) atoms. The van der Waals surface area contributed by atoms with Crippen molar-refractivity contribution in [3.8, 4) is 0 Å². The molecule has 0 spiro atoms. The molecule has 0 radical (unpaired) electrons. The van der Waals surface area contributed by atoms with Crippen LogP contribution in [0.4, 0.5) is 0 Å². The van der Waals surface area contributed by atoms with E-state index in [2.05, 4.69) is 39.9 Å². The van der Waals surface area contributed by atoms with E-state index in [1.54, 1.807) is 0 Å². The van der Waals surface area contributed by atoms with Gasteiger partial charge in [-0.05, 0) is 61.7 Å². The fourth-order valence-corrected chi connectivity index (χ4v) is 4.24. The maximum atomic E-state index is 3.96. The van der Waals surface area contributed by atoms with E-state index in [4.69, 9.17) is 0 Å². The molecule has 1 unspecified atom stereocenters. The predicted octanol–water partition coefficient (Wildman–Crippen LogP) is 5.15. The number of hydrogen-bond acceptors (Lipinski definition) is 1. The zero-order valence-corrected chi connectivity index (χ0v) is 13.9. The molecule has 0 heterocycles. The summed E-state index contributed by atoms with van der Waals surface area (Å²) >= 11 is 0. The van der Waals surface area contributed by atoms with Crippen LogP contribution in [0, 0.1) is 16.7 Å². The van der Waals surface area contributed by atoms with Crippen molar-refractivity contribution in [3.63, 3.8) is 0 Å². The van der Waals surface area contributed by atoms with E-state index in [0.717, 1.165) is 18.0 Å². The van der Waals surface area contributed by atoms with Crippen molar-refractivity contribution in [2.24, 2.45) is 16.7 Å². The highest BCUT2D eigenvalue weighted by Gasteiger charge is 2.35. The fraction of sp³-hybridized carbons (Fsp3) is 1.00. The molecule has 1 N–H and O–H groups in total. The molecule has 2 aliphatic rings. The molecule has 0 aromatic rings. The second kappa shape index (κ2) is 5.76. The molecule has 112 valence electrons. The van der Waals surface area contributed by atoms with Crippen LogP contribution in [0.15, 0.2) is 0 Å². The Hall–Kier alpha value is -0.0400. The highest BCUT2D eigenvalue weighted by atomic mass is 15.0. The van der Waals surface area contributed by atoms with E-state index >= 15 is 0 Å². The number of hydrogen-bond donors (Lipinski definition) is 1. The average Bonchev–Trinajstić information content (AvgIpc) is 2.69. The lowest BCUT2D eigenvalue weighted by molar-refractivity contribution is 0.133. The van der Waals surface area contributed by atoms with E-state index < -0.39 is 0 Å². The summed E-state index contributed by atoms with van der Waals surface area (Å²) in [5.74, 6) is 0.954. The van der Waals surface area contributed by atoms with E-state index in [1.807, 2.05) is 0 Å². The minimum absolute atomic E-state index is 0.556. The Morgan fingerprint density at radius 1 is 1.00 bits per heavy atom. The molecule has 0 amide bonds. The Labute approximate surface area is 120 Å². The standard InChI is InChI=1S/C18H35N/c1-6-18(4,5)14-7-9-15(10-8-14)19-16-11-12-17(2,3)13-16/h14-16,19H,6-13H2,1-5H3. The Morgan fingerprint density at radius 2 is 1.63 bits per heavy atom. The summed E-state index contributed by atoms with van der Waals surface area (Å²) in [5, 5.41) is 3.96. The quantitative estimate of drug-likeness (QED) is 0.741. The Kier molecular flexibility index (Phi) is 4.65. The summed E-state index contributed by atoms with van der Waals surface area (Å²) in [6, 6.07) is 1.61. The zero-order chi connectivity index (χ0) is 14.1. The third-order valence-electron chi connectivity index (χ3n) is 6.18. The first-order valence-corrected chi connectivity index (χ1v) is 8.58. The van der Waals surface area contributed by atoms with Crippen LogP contribution in [0.2, 0.25) is 0 Å². The minimum atomic E-state index is 0.556. The molecule has 0 bridgehead atoms. The molecule has 0 saturated heterocycles. The van der Waals surface area contributed by atoms with Crippen molar-refractivity contribution < 1.29 is 0 Å². The van der Waals surface area contributed by atoms with Crippen molar-refractivity contribution in [1.29, 1.82) is 0 Å². The molecule has 0 aromatic heterocycles. The van der Waals surface area contributed by atoms with Gasteiger partial charge in [-0.1, -0.05) is 41.0 Å². The second-order valence-corrected chi connectivity index (χ2v) is 8.66. The molecule has 0 aliphatic heterocycles.